The summed E-state index contributed by atoms with van der Waals surface area (Å²) in [6.45, 7) is 3.59. The van der Waals surface area contributed by atoms with Crippen LogP contribution >= 0.6 is 0 Å². The van der Waals surface area contributed by atoms with Crippen molar-refractivity contribution in [2.24, 2.45) is 4.99 Å². The minimum atomic E-state index is -0.455. The Morgan fingerprint density at radius 2 is 2.39 bits per heavy atom. The van der Waals surface area contributed by atoms with Crippen LogP contribution in [0.15, 0.2) is 27.7 Å². The molecule has 0 bridgehead atoms. The third-order valence-electron chi connectivity index (χ3n) is 2.71. The van der Waals surface area contributed by atoms with E-state index in [2.05, 4.69) is 17.0 Å². The molecule has 0 spiro atoms. The molecule has 0 atom stereocenters. The minimum absolute atomic E-state index is 0.124. The molecule has 1 N–H and O–H groups in total. The maximum absolute atomic E-state index is 11.8. The van der Waals surface area contributed by atoms with E-state index in [1.165, 1.54) is 10.6 Å². The van der Waals surface area contributed by atoms with Crippen LogP contribution in [-0.4, -0.2) is 30.8 Å². The molecule has 6 nitrogen and oxygen atoms in total. The number of aliphatic imine (C=N–C) groups is 1. The number of aromatic nitrogens is 1. The molecule has 1 aromatic rings. The first-order valence-electron chi connectivity index (χ1n) is 5.37. The highest BCUT2D eigenvalue weighted by atomic mass is 16.5. The smallest absolute Gasteiger partial charge is 0.265 e. The minimum Gasteiger partial charge on any atom is -0.499 e. The SMILES string of the molecule is C=NC(=O)Cn1c2c(ccc1=O)NCC(OC)=C2. The molecule has 0 aromatic carbocycles. The maximum atomic E-state index is 11.8. The van der Waals surface area contributed by atoms with E-state index >= 15 is 0 Å². The highest BCUT2D eigenvalue weighted by Gasteiger charge is 2.15. The summed E-state index contributed by atoms with van der Waals surface area (Å²) in [5.41, 5.74) is 1.14. The number of pyridine rings is 1. The maximum Gasteiger partial charge on any atom is 0.265 e. The zero-order chi connectivity index (χ0) is 13.1. The predicted molar refractivity (Wildman–Crippen MR) is 68.7 cm³/mol. The fourth-order valence-electron chi connectivity index (χ4n) is 1.76. The molecule has 6 heteroatoms. The third kappa shape index (κ3) is 2.17. The van der Waals surface area contributed by atoms with Crippen LogP contribution < -0.4 is 10.9 Å². The standard InChI is InChI=1S/C12H13N3O3/c1-13-11(16)7-15-10-5-8(18-2)6-14-9(10)3-4-12(15)17/h3-5,14H,1,6-7H2,2H3. The number of hydrogen-bond donors (Lipinski definition) is 1. The van der Waals surface area contributed by atoms with Gasteiger partial charge in [0.2, 0.25) is 0 Å². The van der Waals surface area contributed by atoms with Gasteiger partial charge in [-0.3, -0.25) is 14.2 Å². The Balaban J connectivity index is 2.53. The Morgan fingerprint density at radius 1 is 1.61 bits per heavy atom. The van der Waals surface area contributed by atoms with Gasteiger partial charge in [-0.2, -0.15) is 0 Å². The van der Waals surface area contributed by atoms with Crippen LogP contribution in [0, 0.1) is 0 Å². The molecule has 1 aliphatic rings. The van der Waals surface area contributed by atoms with Crippen LogP contribution in [0.25, 0.3) is 6.08 Å². The molecule has 1 aromatic heterocycles. The van der Waals surface area contributed by atoms with Crippen molar-refractivity contribution >= 4 is 24.4 Å². The van der Waals surface area contributed by atoms with Crippen molar-refractivity contribution < 1.29 is 9.53 Å². The van der Waals surface area contributed by atoms with E-state index < -0.39 is 5.91 Å². The van der Waals surface area contributed by atoms with Crippen LogP contribution in [0.4, 0.5) is 5.69 Å². The average molecular weight is 247 g/mol. The monoisotopic (exact) mass is 247 g/mol. The Bertz CT molecular complexity index is 587. The Hall–Kier alpha value is -2.37. The highest BCUT2D eigenvalue weighted by molar-refractivity contribution is 5.81. The van der Waals surface area contributed by atoms with Gasteiger partial charge in [-0.25, -0.2) is 4.99 Å². The zero-order valence-corrected chi connectivity index (χ0v) is 9.97. The van der Waals surface area contributed by atoms with Crippen molar-refractivity contribution in [3.8, 4) is 0 Å². The van der Waals surface area contributed by atoms with Crippen LogP contribution in [-0.2, 0) is 16.1 Å². The number of carbonyl (C=O) groups excluding carboxylic acids is 1. The van der Waals surface area contributed by atoms with Crippen LogP contribution in [0.5, 0.6) is 0 Å². The van der Waals surface area contributed by atoms with E-state index in [0.29, 0.717) is 18.0 Å². The molecule has 1 amide bonds. The van der Waals surface area contributed by atoms with E-state index in [4.69, 9.17) is 4.74 Å². The van der Waals surface area contributed by atoms with Crippen molar-refractivity contribution in [2.75, 3.05) is 19.0 Å². The Labute approximate surface area is 104 Å². The van der Waals surface area contributed by atoms with Crippen molar-refractivity contribution in [3.05, 3.63) is 33.9 Å². The molecule has 0 unspecified atom stereocenters. The van der Waals surface area contributed by atoms with Gasteiger partial charge in [-0.1, -0.05) is 0 Å². The van der Waals surface area contributed by atoms with Crippen molar-refractivity contribution in [3.63, 3.8) is 0 Å². The first kappa shape index (κ1) is 12.1. The molecule has 1 aliphatic heterocycles. The predicted octanol–water partition coefficient (Wildman–Crippen LogP) is 0.488. The first-order valence-corrected chi connectivity index (χ1v) is 5.37. The van der Waals surface area contributed by atoms with Crippen LogP contribution in [0.2, 0.25) is 0 Å². The van der Waals surface area contributed by atoms with Crippen molar-refractivity contribution in [1.29, 1.82) is 0 Å². The number of hydrogen-bond acceptors (Lipinski definition) is 4. The summed E-state index contributed by atoms with van der Waals surface area (Å²) in [5, 5.41) is 3.11. The van der Waals surface area contributed by atoms with E-state index in [1.54, 1.807) is 19.3 Å². The molecule has 2 rings (SSSR count). The molecule has 0 fully saturated rings. The van der Waals surface area contributed by atoms with Crippen molar-refractivity contribution in [1.82, 2.24) is 4.57 Å². The van der Waals surface area contributed by atoms with Gasteiger partial charge < -0.3 is 10.1 Å². The van der Waals surface area contributed by atoms with Crippen molar-refractivity contribution in [2.45, 2.75) is 6.54 Å². The lowest BCUT2D eigenvalue weighted by atomic mass is 10.2. The number of ether oxygens (including phenoxy) is 1. The average Bonchev–Trinajstić information content (AvgIpc) is 2.41. The van der Waals surface area contributed by atoms with Gasteiger partial charge in [0.1, 0.15) is 12.3 Å². The van der Waals surface area contributed by atoms with E-state index in [0.717, 1.165) is 5.69 Å². The molecule has 94 valence electrons. The van der Waals surface area contributed by atoms with Gasteiger partial charge >= 0.3 is 0 Å². The summed E-state index contributed by atoms with van der Waals surface area (Å²) in [7, 11) is 1.56. The number of rotatable bonds is 3. The number of amides is 1. The molecule has 2 heterocycles. The normalized spacial score (nSPS) is 13.1. The first-order chi connectivity index (χ1) is 8.65. The van der Waals surface area contributed by atoms with Gasteiger partial charge in [0.05, 0.1) is 25.0 Å². The zero-order valence-electron chi connectivity index (χ0n) is 9.97. The number of nitrogens with zero attached hydrogens (tertiary/aromatic N) is 2. The Morgan fingerprint density at radius 3 is 3.06 bits per heavy atom. The van der Waals surface area contributed by atoms with E-state index in [9.17, 15) is 9.59 Å². The lowest BCUT2D eigenvalue weighted by molar-refractivity contribution is -0.118. The molecule has 0 saturated carbocycles. The third-order valence-corrected chi connectivity index (χ3v) is 2.71. The number of carbonyl (C=O) groups is 1. The fraction of sp³-hybridized carbons (Fsp3) is 0.250. The number of anilines is 1. The van der Waals surface area contributed by atoms with Gasteiger partial charge in [0.25, 0.3) is 11.5 Å². The van der Waals surface area contributed by atoms with E-state index in [-0.39, 0.29) is 12.1 Å². The summed E-state index contributed by atoms with van der Waals surface area (Å²) in [6, 6.07) is 3.09. The second kappa shape index (κ2) is 4.87. The fourth-order valence-corrected chi connectivity index (χ4v) is 1.76. The molecular weight excluding hydrogens is 234 g/mol. The Kier molecular flexibility index (Phi) is 3.27. The van der Waals surface area contributed by atoms with Crippen LogP contribution in [0.1, 0.15) is 5.69 Å². The van der Waals surface area contributed by atoms with Gasteiger partial charge in [-0.05, 0) is 12.8 Å². The lowest BCUT2D eigenvalue weighted by Gasteiger charge is -2.20. The van der Waals surface area contributed by atoms with E-state index in [1.807, 2.05) is 0 Å². The molecule has 0 radical (unpaired) electrons. The number of methoxy groups -OCH3 is 1. The number of fused-ring (bicyclic) bond motifs is 1. The van der Waals surface area contributed by atoms with Crippen LogP contribution in [0.3, 0.4) is 0 Å². The second-order valence-corrected chi connectivity index (χ2v) is 3.78. The summed E-state index contributed by atoms with van der Waals surface area (Å²) in [5.74, 6) is 0.240. The van der Waals surface area contributed by atoms with Gasteiger partial charge in [-0.15, -0.1) is 0 Å². The highest BCUT2D eigenvalue weighted by Crippen LogP contribution is 2.22. The molecule has 0 aliphatic carbocycles. The molecule has 18 heavy (non-hydrogen) atoms. The van der Waals surface area contributed by atoms with Gasteiger partial charge in [0.15, 0.2) is 0 Å². The molecular formula is C12H13N3O3. The molecule has 0 saturated heterocycles. The quantitative estimate of drug-likeness (QED) is 0.789. The number of nitrogens with one attached hydrogen (secondary N) is 1. The lowest BCUT2D eigenvalue weighted by Crippen LogP contribution is -2.27. The summed E-state index contributed by atoms with van der Waals surface area (Å²) in [6.07, 6.45) is 1.74. The summed E-state index contributed by atoms with van der Waals surface area (Å²) < 4.78 is 6.48. The summed E-state index contributed by atoms with van der Waals surface area (Å²) >= 11 is 0. The van der Waals surface area contributed by atoms with Gasteiger partial charge in [0, 0.05) is 12.1 Å². The second-order valence-electron chi connectivity index (χ2n) is 3.78. The largest absolute Gasteiger partial charge is 0.499 e. The topological polar surface area (TPSA) is 72.7 Å². The summed E-state index contributed by atoms with van der Waals surface area (Å²) in [4.78, 5) is 26.4.